The van der Waals surface area contributed by atoms with Gasteiger partial charge in [-0.05, 0) is 58.2 Å². The van der Waals surface area contributed by atoms with Gasteiger partial charge in [0.1, 0.15) is 0 Å². The molecule has 4 atom stereocenters. The molecular formula is C25H34FN5O3. The number of pyridine rings is 1. The van der Waals surface area contributed by atoms with Gasteiger partial charge in [-0.2, -0.15) is 9.37 Å². The fraction of sp³-hybridized carbons (Fsp3) is 0.640. The van der Waals surface area contributed by atoms with E-state index in [1.54, 1.807) is 17.7 Å². The van der Waals surface area contributed by atoms with Gasteiger partial charge in [0.2, 0.25) is 11.8 Å². The molecule has 2 aromatic rings. The van der Waals surface area contributed by atoms with Crippen LogP contribution >= 0.6 is 0 Å². The first-order valence-electron chi connectivity index (χ1n) is 12.3. The first kappa shape index (κ1) is 23.2. The van der Waals surface area contributed by atoms with Crippen LogP contribution in [0.15, 0.2) is 21.9 Å². The molecule has 3 aliphatic rings. The van der Waals surface area contributed by atoms with Crippen LogP contribution < -0.4 is 10.4 Å². The van der Waals surface area contributed by atoms with Crippen molar-refractivity contribution in [1.82, 2.24) is 19.0 Å². The largest absolute Gasteiger partial charge is 0.478 e. The summed E-state index contributed by atoms with van der Waals surface area (Å²) in [6.45, 7) is 2.65. The first-order valence-corrected chi connectivity index (χ1v) is 12.3. The molecule has 4 unspecified atom stereocenters. The van der Waals surface area contributed by atoms with E-state index in [-0.39, 0.29) is 29.6 Å². The Morgan fingerprint density at radius 3 is 2.85 bits per heavy atom. The highest BCUT2D eigenvalue weighted by molar-refractivity contribution is 5.81. The van der Waals surface area contributed by atoms with Gasteiger partial charge in [0.15, 0.2) is 0 Å². The minimum absolute atomic E-state index is 0.0154. The summed E-state index contributed by atoms with van der Waals surface area (Å²) < 4.78 is 30.0. The second-order valence-corrected chi connectivity index (χ2v) is 10.00. The van der Waals surface area contributed by atoms with Gasteiger partial charge in [0.05, 0.1) is 36.7 Å². The molecule has 2 aromatic heterocycles. The summed E-state index contributed by atoms with van der Waals surface area (Å²) in [6.07, 6.45) is 6.00. The zero-order valence-electron chi connectivity index (χ0n) is 20.2. The molecule has 0 radical (unpaired) electrons. The second kappa shape index (κ2) is 9.62. The average molecular weight is 472 g/mol. The number of aliphatic imine (C=N–C) groups is 1. The van der Waals surface area contributed by atoms with Crippen LogP contribution in [-0.4, -0.2) is 71.7 Å². The van der Waals surface area contributed by atoms with Crippen LogP contribution in [0.1, 0.15) is 66.9 Å². The fourth-order valence-electron chi connectivity index (χ4n) is 5.71. The molecule has 1 saturated carbocycles. The smallest absolute Gasteiger partial charge is 0.328 e. The van der Waals surface area contributed by atoms with Crippen molar-refractivity contribution in [2.24, 2.45) is 12.0 Å². The Hall–Kier alpha value is -2.52. The molecule has 0 amide bonds. The lowest BCUT2D eigenvalue weighted by Crippen LogP contribution is -2.33. The third-order valence-electron chi connectivity index (χ3n) is 7.49. The SMILES string of the molecule is CN(C)CCCOc1ccc(C2CCC3N=Cc4c(n(C5CCOC5)c(=O)n4C)C3C2)c(F)n1. The summed E-state index contributed by atoms with van der Waals surface area (Å²) in [7, 11) is 5.83. The zero-order chi connectivity index (χ0) is 23.8. The molecule has 1 saturated heterocycles. The normalized spacial score (nSPS) is 26.0. The molecule has 8 nitrogen and oxygen atoms in total. The van der Waals surface area contributed by atoms with Crippen LogP contribution in [-0.2, 0) is 11.8 Å². The van der Waals surface area contributed by atoms with E-state index in [9.17, 15) is 4.79 Å². The summed E-state index contributed by atoms with van der Waals surface area (Å²) >= 11 is 0. The van der Waals surface area contributed by atoms with Gasteiger partial charge in [0.25, 0.3) is 0 Å². The van der Waals surface area contributed by atoms with Crippen LogP contribution in [0.2, 0.25) is 0 Å². The number of halogens is 1. The Kier molecular flexibility index (Phi) is 6.57. The molecule has 1 aliphatic carbocycles. The molecule has 4 heterocycles. The summed E-state index contributed by atoms with van der Waals surface area (Å²) in [5.74, 6) is -0.0185. The van der Waals surface area contributed by atoms with E-state index in [1.807, 2.05) is 30.9 Å². The number of hydrogen-bond acceptors (Lipinski definition) is 6. The maximum Gasteiger partial charge on any atom is 0.328 e. The molecule has 2 aliphatic heterocycles. The molecule has 0 bridgehead atoms. The van der Waals surface area contributed by atoms with Gasteiger partial charge < -0.3 is 14.4 Å². The lowest BCUT2D eigenvalue weighted by molar-refractivity contribution is 0.184. The van der Waals surface area contributed by atoms with Gasteiger partial charge in [-0.15, -0.1) is 0 Å². The minimum atomic E-state index is -0.456. The fourth-order valence-corrected chi connectivity index (χ4v) is 5.71. The molecular weight excluding hydrogens is 437 g/mol. The predicted octanol–water partition coefficient (Wildman–Crippen LogP) is 2.87. The van der Waals surface area contributed by atoms with Gasteiger partial charge >= 0.3 is 5.69 Å². The van der Waals surface area contributed by atoms with Crippen molar-refractivity contribution in [3.63, 3.8) is 0 Å². The molecule has 0 aromatic carbocycles. The van der Waals surface area contributed by atoms with E-state index in [4.69, 9.17) is 14.5 Å². The van der Waals surface area contributed by atoms with Crippen molar-refractivity contribution in [3.05, 3.63) is 45.5 Å². The monoisotopic (exact) mass is 471 g/mol. The van der Waals surface area contributed by atoms with Crippen LogP contribution in [0.25, 0.3) is 0 Å². The number of fused-ring (bicyclic) bond motifs is 3. The van der Waals surface area contributed by atoms with Crippen molar-refractivity contribution in [2.45, 2.75) is 56.0 Å². The van der Waals surface area contributed by atoms with E-state index >= 15 is 4.39 Å². The molecule has 5 rings (SSSR count). The number of aromatic nitrogens is 3. The summed E-state index contributed by atoms with van der Waals surface area (Å²) in [4.78, 5) is 24.1. The average Bonchev–Trinajstić information content (AvgIpc) is 3.43. The van der Waals surface area contributed by atoms with Crippen LogP contribution in [0.5, 0.6) is 5.88 Å². The molecule has 34 heavy (non-hydrogen) atoms. The van der Waals surface area contributed by atoms with E-state index in [0.717, 1.165) is 50.0 Å². The molecule has 0 spiro atoms. The summed E-state index contributed by atoms with van der Waals surface area (Å²) in [5.41, 5.74) is 2.53. The van der Waals surface area contributed by atoms with Crippen LogP contribution in [0, 0.1) is 5.95 Å². The number of rotatable bonds is 7. The zero-order valence-corrected chi connectivity index (χ0v) is 20.2. The molecule has 0 N–H and O–H groups in total. The molecule has 2 fully saturated rings. The first-order chi connectivity index (χ1) is 16.4. The van der Waals surface area contributed by atoms with Gasteiger partial charge in [-0.3, -0.25) is 14.1 Å². The number of hydrogen-bond donors (Lipinski definition) is 0. The van der Waals surface area contributed by atoms with Gasteiger partial charge in [0, 0.05) is 44.0 Å². The Bertz CT molecular complexity index is 1120. The third-order valence-corrected chi connectivity index (χ3v) is 7.49. The van der Waals surface area contributed by atoms with Crippen molar-refractivity contribution >= 4 is 6.21 Å². The van der Waals surface area contributed by atoms with E-state index < -0.39 is 5.95 Å². The predicted molar refractivity (Wildman–Crippen MR) is 128 cm³/mol. The van der Waals surface area contributed by atoms with Gasteiger partial charge in [-0.25, -0.2) is 4.79 Å². The van der Waals surface area contributed by atoms with Crippen molar-refractivity contribution in [3.8, 4) is 5.88 Å². The highest BCUT2D eigenvalue weighted by Gasteiger charge is 2.40. The lowest BCUT2D eigenvalue weighted by atomic mass is 9.73. The van der Waals surface area contributed by atoms with E-state index in [2.05, 4.69) is 9.88 Å². The number of imidazole rings is 1. The van der Waals surface area contributed by atoms with Crippen molar-refractivity contribution in [2.75, 3.05) is 40.5 Å². The maximum absolute atomic E-state index is 15.1. The highest BCUT2D eigenvalue weighted by atomic mass is 19.1. The molecule has 9 heteroatoms. The van der Waals surface area contributed by atoms with Crippen molar-refractivity contribution < 1.29 is 13.9 Å². The second-order valence-electron chi connectivity index (χ2n) is 10.00. The van der Waals surface area contributed by atoms with Crippen LogP contribution in [0.3, 0.4) is 0 Å². The summed E-state index contributed by atoms with van der Waals surface area (Å²) in [5, 5.41) is 0. The Balaban J connectivity index is 1.37. The topological polar surface area (TPSA) is 73.9 Å². The van der Waals surface area contributed by atoms with E-state index in [1.165, 1.54) is 0 Å². The standard InChI is InChI=1S/C25H34FN5O3/c1-29(2)10-4-11-34-22-8-6-18(24(26)28-22)16-5-7-20-19(13-16)23-21(14-27-20)30(3)25(32)31(23)17-9-12-33-15-17/h6,8,14,16-17,19-20H,4-5,7,9-13,15H2,1-3H3. The Labute approximate surface area is 199 Å². The maximum atomic E-state index is 15.1. The lowest BCUT2D eigenvalue weighted by Gasteiger charge is -2.37. The summed E-state index contributed by atoms with van der Waals surface area (Å²) in [6, 6.07) is 3.77. The van der Waals surface area contributed by atoms with Crippen LogP contribution in [0.4, 0.5) is 4.39 Å². The quantitative estimate of drug-likeness (QED) is 0.459. The van der Waals surface area contributed by atoms with E-state index in [0.29, 0.717) is 31.3 Å². The minimum Gasteiger partial charge on any atom is -0.478 e. The van der Waals surface area contributed by atoms with Crippen molar-refractivity contribution in [1.29, 1.82) is 0 Å². The molecule has 184 valence electrons. The number of ether oxygens (including phenoxy) is 2. The van der Waals surface area contributed by atoms with Gasteiger partial charge in [-0.1, -0.05) is 0 Å². The number of nitrogens with zero attached hydrogens (tertiary/aromatic N) is 5. The highest BCUT2D eigenvalue weighted by Crippen LogP contribution is 2.46. The Morgan fingerprint density at radius 1 is 1.26 bits per heavy atom. The third kappa shape index (κ3) is 4.31. The Morgan fingerprint density at radius 2 is 2.12 bits per heavy atom.